The molecule has 25 heavy (non-hydrogen) atoms. The number of hydrogen-bond acceptors (Lipinski definition) is 4. The number of rotatable bonds is 1. The largest absolute Gasteiger partial charge is 0.330 e. The van der Waals surface area contributed by atoms with E-state index in [4.69, 9.17) is 0 Å². The number of halogens is 1. The molecule has 0 N–H and O–H groups in total. The first-order chi connectivity index (χ1) is 12.0. The number of aromatic nitrogens is 4. The molecular weight excluding hydrogens is 386 g/mol. The maximum Gasteiger partial charge on any atom is 0.274 e. The van der Waals surface area contributed by atoms with Gasteiger partial charge in [0.2, 0.25) is 5.91 Å². The van der Waals surface area contributed by atoms with Crippen molar-refractivity contribution in [3.63, 3.8) is 0 Å². The predicted octanol–water partition coefficient (Wildman–Crippen LogP) is 2.71. The van der Waals surface area contributed by atoms with Gasteiger partial charge in [-0.05, 0) is 34.5 Å². The van der Waals surface area contributed by atoms with Gasteiger partial charge < -0.3 is 4.90 Å². The Morgan fingerprint density at radius 3 is 2.92 bits per heavy atom. The molecule has 0 fully saturated rings. The van der Waals surface area contributed by atoms with Crippen LogP contribution in [0.2, 0.25) is 0 Å². The van der Waals surface area contributed by atoms with Crippen LogP contribution in [-0.4, -0.2) is 42.4 Å². The van der Waals surface area contributed by atoms with Crippen molar-refractivity contribution in [2.45, 2.75) is 26.3 Å². The second kappa shape index (κ2) is 5.80. The van der Waals surface area contributed by atoms with Crippen LogP contribution < -0.4 is 0 Å². The molecule has 0 saturated heterocycles. The molecule has 1 unspecified atom stereocenters. The normalized spacial score (nSPS) is 16.9. The first kappa shape index (κ1) is 16.0. The van der Waals surface area contributed by atoms with Crippen molar-refractivity contribution < 1.29 is 9.59 Å². The highest BCUT2D eigenvalue weighted by Crippen LogP contribution is 2.31. The lowest BCUT2D eigenvalue weighted by Crippen LogP contribution is -2.39. The first-order valence-corrected chi connectivity index (χ1v) is 8.78. The van der Waals surface area contributed by atoms with Crippen LogP contribution in [0.4, 0.5) is 0 Å². The summed E-state index contributed by atoms with van der Waals surface area (Å²) >= 11 is 3.35. The maximum absolute atomic E-state index is 13.0. The summed E-state index contributed by atoms with van der Waals surface area (Å²) < 4.78 is 4.05. The SMILES string of the molecule is CC(=O)n1ccc2c1CCN(C(=O)c1cc3ncc(Br)cn3n1)C2C. The van der Waals surface area contributed by atoms with Gasteiger partial charge in [0.1, 0.15) is 0 Å². The van der Waals surface area contributed by atoms with Crippen molar-refractivity contribution in [1.29, 1.82) is 0 Å². The Hall–Kier alpha value is -2.48. The van der Waals surface area contributed by atoms with Crippen molar-refractivity contribution in [3.05, 3.63) is 52.1 Å². The minimum absolute atomic E-state index is 0.00905. The molecule has 0 aliphatic carbocycles. The lowest BCUT2D eigenvalue weighted by Gasteiger charge is -2.33. The van der Waals surface area contributed by atoms with Crippen molar-refractivity contribution in [1.82, 2.24) is 24.1 Å². The summed E-state index contributed by atoms with van der Waals surface area (Å²) in [7, 11) is 0. The van der Waals surface area contributed by atoms with Crippen LogP contribution in [0.3, 0.4) is 0 Å². The van der Waals surface area contributed by atoms with Gasteiger partial charge in [-0.2, -0.15) is 5.10 Å². The van der Waals surface area contributed by atoms with Gasteiger partial charge in [0.15, 0.2) is 11.3 Å². The number of fused-ring (bicyclic) bond motifs is 2. The van der Waals surface area contributed by atoms with Crippen LogP contribution in [0.15, 0.2) is 35.2 Å². The third kappa shape index (κ3) is 2.57. The highest BCUT2D eigenvalue weighted by molar-refractivity contribution is 9.10. The smallest absolute Gasteiger partial charge is 0.274 e. The average Bonchev–Trinajstić information content (AvgIpc) is 3.18. The van der Waals surface area contributed by atoms with Gasteiger partial charge in [0, 0.05) is 50.2 Å². The Kier molecular flexibility index (Phi) is 3.72. The molecule has 1 amide bonds. The number of amides is 1. The second-order valence-electron chi connectivity index (χ2n) is 6.14. The standard InChI is InChI=1S/C17H16BrN5O2/c1-10-13-3-5-22(11(2)24)15(13)4-6-21(10)17(25)14-7-16-19-8-12(18)9-23(16)20-14/h3,5,7-10H,4,6H2,1-2H3. The Bertz CT molecular complexity index is 1010. The number of carbonyl (C=O) groups is 2. The molecule has 0 radical (unpaired) electrons. The topological polar surface area (TPSA) is 72.5 Å². The summed E-state index contributed by atoms with van der Waals surface area (Å²) in [6, 6.07) is 3.50. The van der Waals surface area contributed by atoms with Crippen LogP contribution >= 0.6 is 15.9 Å². The monoisotopic (exact) mass is 401 g/mol. The molecule has 1 aliphatic heterocycles. The summed E-state index contributed by atoms with van der Waals surface area (Å²) in [6.45, 7) is 4.07. The molecule has 0 bridgehead atoms. The van der Waals surface area contributed by atoms with E-state index in [9.17, 15) is 9.59 Å². The van der Waals surface area contributed by atoms with E-state index >= 15 is 0 Å². The fourth-order valence-corrected chi connectivity index (χ4v) is 3.69. The zero-order valence-electron chi connectivity index (χ0n) is 13.8. The number of nitrogens with zero attached hydrogens (tertiary/aromatic N) is 5. The molecule has 0 saturated carbocycles. The van der Waals surface area contributed by atoms with Crippen LogP contribution in [0, 0.1) is 0 Å². The Morgan fingerprint density at radius 1 is 1.36 bits per heavy atom. The first-order valence-electron chi connectivity index (χ1n) is 7.98. The van der Waals surface area contributed by atoms with Gasteiger partial charge in [-0.1, -0.05) is 0 Å². The van der Waals surface area contributed by atoms with E-state index in [1.54, 1.807) is 45.6 Å². The lowest BCUT2D eigenvalue weighted by molar-refractivity contribution is 0.0669. The summed E-state index contributed by atoms with van der Waals surface area (Å²) in [5.74, 6) is -0.138. The Morgan fingerprint density at radius 2 is 2.16 bits per heavy atom. The highest BCUT2D eigenvalue weighted by Gasteiger charge is 2.31. The third-order valence-corrected chi connectivity index (χ3v) is 5.04. The molecule has 1 atom stereocenters. The van der Waals surface area contributed by atoms with E-state index < -0.39 is 0 Å². The van der Waals surface area contributed by atoms with Gasteiger partial charge in [-0.15, -0.1) is 0 Å². The molecule has 0 spiro atoms. The van der Waals surface area contributed by atoms with Crippen LogP contribution in [0.25, 0.3) is 5.65 Å². The van der Waals surface area contributed by atoms with E-state index in [0.717, 1.165) is 15.7 Å². The molecule has 7 nitrogen and oxygen atoms in total. The summed E-state index contributed by atoms with van der Waals surface area (Å²) in [5, 5.41) is 4.35. The van der Waals surface area contributed by atoms with E-state index in [0.29, 0.717) is 24.3 Å². The van der Waals surface area contributed by atoms with Crippen molar-refractivity contribution in [2.75, 3.05) is 6.54 Å². The second-order valence-corrected chi connectivity index (χ2v) is 7.05. The van der Waals surface area contributed by atoms with Gasteiger partial charge >= 0.3 is 0 Å². The van der Waals surface area contributed by atoms with Crippen LogP contribution in [-0.2, 0) is 6.42 Å². The zero-order chi connectivity index (χ0) is 17.7. The van der Waals surface area contributed by atoms with Crippen molar-refractivity contribution >= 4 is 33.4 Å². The quantitative estimate of drug-likeness (QED) is 0.628. The minimum atomic E-state index is -0.129. The van der Waals surface area contributed by atoms with Gasteiger partial charge in [-0.3, -0.25) is 14.2 Å². The van der Waals surface area contributed by atoms with Crippen molar-refractivity contribution in [3.8, 4) is 0 Å². The fraction of sp³-hybridized carbons (Fsp3) is 0.294. The molecule has 3 aromatic heterocycles. The molecule has 3 aromatic rings. The van der Waals surface area contributed by atoms with Gasteiger partial charge in [0.25, 0.3) is 5.91 Å². The summed E-state index contributed by atoms with van der Waals surface area (Å²) in [5.41, 5.74) is 3.00. The van der Waals surface area contributed by atoms with E-state index in [1.165, 1.54) is 0 Å². The number of hydrogen-bond donors (Lipinski definition) is 0. The van der Waals surface area contributed by atoms with Crippen LogP contribution in [0.5, 0.6) is 0 Å². The average molecular weight is 402 g/mol. The van der Waals surface area contributed by atoms with E-state index in [-0.39, 0.29) is 17.9 Å². The fourth-order valence-electron chi connectivity index (χ4n) is 3.39. The number of carbonyl (C=O) groups excluding carboxylic acids is 2. The third-order valence-electron chi connectivity index (χ3n) is 4.64. The molecule has 1 aliphatic rings. The molecule has 4 heterocycles. The molecule has 128 valence electrons. The van der Waals surface area contributed by atoms with Gasteiger partial charge in [0.05, 0.1) is 10.5 Å². The van der Waals surface area contributed by atoms with E-state index in [2.05, 4.69) is 26.0 Å². The molecule has 4 rings (SSSR count). The Labute approximate surface area is 152 Å². The highest BCUT2D eigenvalue weighted by atomic mass is 79.9. The molecule has 0 aromatic carbocycles. The van der Waals surface area contributed by atoms with Crippen molar-refractivity contribution in [2.24, 2.45) is 0 Å². The Balaban J connectivity index is 1.66. The predicted molar refractivity (Wildman–Crippen MR) is 94.6 cm³/mol. The van der Waals surface area contributed by atoms with E-state index in [1.807, 2.05) is 13.0 Å². The molecule has 8 heteroatoms. The van der Waals surface area contributed by atoms with Crippen LogP contribution in [0.1, 0.15) is 46.4 Å². The summed E-state index contributed by atoms with van der Waals surface area (Å²) in [6.07, 6.45) is 5.87. The minimum Gasteiger partial charge on any atom is -0.330 e. The maximum atomic E-state index is 13.0. The summed E-state index contributed by atoms with van der Waals surface area (Å²) in [4.78, 5) is 30.7. The zero-order valence-corrected chi connectivity index (χ0v) is 15.4. The molecular formula is C17H16BrN5O2. The van der Waals surface area contributed by atoms with Gasteiger partial charge in [-0.25, -0.2) is 9.50 Å². The lowest BCUT2D eigenvalue weighted by atomic mass is 10.00.